The highest BCUT2D eigenvalue weighted by molar-refractivity contribution is 6.33. The van der Waals surface area contributed by atoms with Crippen molar-refractivity contribution in [3.63, 3.8) is 0 Å². The summed E-state index contributed by atoms with van der Waals surface area (Å²) in [6.07, 6.45) is 0. The van der Waals surface area contributed by atoms with Gasteiger partial charge in [-0.1, -0.05) is 37.6 Å². The van der Waals surface area contributed by atoms with Gasteiger partial charge in [-0.3, -0.25) is 14.4 Å². The Hall–Kier alpha value is -2.08. The Morgan fingerprint density at radius 3 is 2.62 bits per heavy atom. The van der Waals surface area contributed by atoms with Crippen LogP contribution in [0.1, 0.15) is 24.2 Å². The van der Waals surface area contributed by atoms with Gasteiger partial charge in [0.2, 0.25) is 11.8 Å². The van der Waals surface area contributed by atoms with Crippen LogP contribution >= 0.6 is 11.6 Å². The minimum atomic E-state index is -0.632. The fourth-order valence-corrected chi connectivity index (χ4v) is 3.42. The molecule has 3 rings (SSSR count). The maximum absolute atomic E-state index is 12.7. The van der Waals surface area contributed by atoms with Gasteiger partial charge < -0.3 is 15.1 Å². The second-order valence-electron chi connectivity index (χ2n) is 6.51. The van der Waals surface area contributed by atoms with E-state index in [-0.39, 0.29) is 30.2 Å². The molecule has 0 saturated carbocycles. The number of fused-ring (bicyclic) bond motifs is 1. The second-order valence-corrected chi connectivity index (χ2v) is 6.92. The van der Waals surface area contributed by atoms with E-state index in [0.29, 0.717) is 23.7 Å². The van der Waals surface area contributed by atoms with Crippen LogP contribution in [0.5, 0.6) is 0 Å². The van der Waals surface area contributed by atoms with Crippen LogP contribution in [0, 0.1) is 5.92 Å². The number of piperazine rings is 2. The van der Waals surface area contributed by atoms with Gasteiger partial charge in [0.05, 0.1) is 17.1 Å². The minimum Gasteiger partial charge on any atom is -0.342 e. The number of carbonyl (C=O) groups excluding carboxylic acids is 3. The average molecular weight is 350 g/mol. The highest BCUT2D eigenvalue weighted by Gasteiger charge is 2.45. The van der Waals surface area contributed by atoms with Gasteiger partial charge >= 0.3 is 0 Å². The van der Waals surface area contributed by atoms with Crippen molar-refractivity contribution in [1.82, 2.24) is 15.1 Å². The minimum absolute atomic E-state index is 0.0326. The van der Waals surface area contributed by atoms with Crippen LogP contribution in [-0.2, 0) is 9.59 Å². The summed E-state index contributed by atoms with van der Waals surface area (Å²) in [5, 5.41) is 3.16. The predicted octanol–water partition coefficient (Wildman–Crippen LogP) is 1.15. The Morgan fingerprint density at radius 2 is 1.96 bits per heavy atom. The molecule has 6 nitrogen and oxygen atoms in total. The number of hydrogen-bond donors (Lipinski definition) is 1. The summed E-state index contributed by atoms with van der Waals surface area (Å²) in [7, 11) is 0. The zero-order valence-electron chi connectivity index (χ0n) is 13.7. The van der Waals surface area contributed by atoms with Gasteiger partial charge in [-0.2, -0.15) is 0 Å². The lowest BCUT2D eigenvalue weighted by Crippen LogP contribution is -2.70. The van der Waals surface area contributed by atoms with Crippen molar-refractivity contribution >= 4 is 29.3 Å². The third-order valence-electron chi connectivity index (χ3n) is 4.59. The van der Waals surface area contributed by atoms with Gasteiger partial charge in [-0.15, -0.1) is 0 Å². The highest BCUT2D eigenvalue weighted by atomic mass is 35.5. The van der Waals surface area contributed by atoms with E-state index < -0.39 is 12.1 Å². The molecular formula is C17H20ClN3O3. The summed E-state index contributed by atoms with van der Waals surface area (Å²) in [6, 6.07) is 5.72. The first-order valence-corrected chi connectivity index (χ1v) is 8.42. The molecule has 2 atom stereocenters. The third kappa shape index (κ3) is 2.86. The van der Waals surface area contributed by atoms with Crippen molar-refractivity contribution in [3.8, 4) is 0 Å². The summed E-state index contributed by atoms with van der Waals surface area (Å²) in [5.41, 5.74) is 0.412. The van der Waals surface area contributed by atoms with Crippen LogP contribution in [-0.4, -0.2) is 59.2 Å². The maximum atomic E-state index is 12.7. The third-order valence-corrected chi connectivity index (χ3v) is 4.92. The zero-order chi connectivity index (χ0) is 17.4. The molecule has 1 N–H and O–H groups in total. The summed E-state index contributed by atoms with van der Waals surface area (Å²) in [6.45, 7) is 4.74. The van der Waals surface area contributed by atoms with Crippen LogP contribution in [0.25, 0.3) is 0 Å². The quantitative estimate of drug-likeness (QED) is 0.870. The number of nitrogens with zero attached hydrogens (tertiary/aromatic N) is 2. The molecule has 24 heavy (non-hydrogen) atoms. The highest BCUT2D eigenvalue weighted by Crippen LogP contribution is 2.22. The molecule has 0 aromatic heterocycles. The van der Waals surface area contributed by atoms with Crippen molar-refractivity contribution in [2.45, 2.75) is 25.9 Å². The standard InChI is InChI=1S/C17H20ClN3O3/c1-10(2)14-17(24)21-8-7-20(9-13(21)15(22)19-14)16(23)11-5-3-4-6-12(11)18/h3-6,10,13-14H,7-9H2,1-2H3,(H,19,22)/t13-,14-/m1/s1. The lowest BCUT2D eigenvalue weighted by molar-refractivity contribution is -0.153. The van der Waals surface area contributed by atoms with Gasteiger partial charge in [0.25, 0.3) is 5.91 Å². The van der Waals surface area contributed by atoms with Crippen LogP contribution in [0.15, 0.2) is 24.3 Å². The van der Waals surface area contributed by atoms with E-state index in [0.717, 1.165) is 0 Å². The molecule has 2 heterocycles. The molecule has 0 radical (unpaired) electrons. The number of amides is 3. The number of rotatable bonds is 2. The topological polar surface area (TPSA) is 69.7 Å². The van der Waals surface area contributed by atoms with E-state index in [1.807, 2.05) is 13.8 Å². The van der Waals surface area contributed by atoms with Crippen molar-refractivity contribution in [2.24, 2.45) is 5.92 Å². The van der Waals surface area contributed by atoms with Crippen molar-refractivity contribution in [1.29, 1.82) is 0 Å². The molecule has 128 valence electrons. The molecule has 0 aliphatic carbocycles. The van der Waals surface area contributed by atoms with Gasteiger partial charge in [0, 0.05) is 13.1 Å². The van der Waals surface area contributed by atoms with Gasteiger partial charge in [-0.25, -0.2) is 0 Å². The van der Waals surface area contributed by atoms with Crippen LogP contribution in [0.2, 0.25) is 5.02 Å². The Morgan fingerprint density at radius 1 is 1.25 bits per heavy atom. The van der Waals surface area contributed by atoms with E-state index in [1.165, 1.54) is 0 Å². The first-order chi connectivity index (χ1) is 11.4. The van der Waals surface area contributed by atoms with E-state index in [2.05, 4.69) is 5.32 Å². The molecule has 0 unspecified atom stereocenters. The largest absolute Gasteiger partial charge is 0.342 e. The molecule has 2 fully saturated rings. The zero-order valence-corrected chi connectivity index (χ0v) is 14.4. The number of hydrogen-bond acceptors (Lipinski definition) is 3. The van der Waals surface area contributed by atoms with E-state index >= 15 is 0 Å². The van der Waals surface area contributed by atoms with Gasteiger partial charge in [-0.05, 0) is 18.1 Å². The molecule has 2 aliphatic heterocycles. The Bertz CT molecular complexity index is 691. The summed E-state index contributed by atoms with van der Waals surface area (Å²) < 4.78 is 0. The predicted molar refractivity (Wildman–Crippen MR) is 89.6 cm³/mol. The Labute approximate surface area is 145 Å². The number of carbonyl (C=O) groups is 3. The molecule has 2 aliphatic rings. The lowest BCUT2D eigenvalue weighted by atomic mass is 9.96. The molecule has 1 aromatic carbocycles. The fourth-order valence-electron chi connectivity index (χ4n) is 3.20. The van der Waals surface area contributed by atoms with E-state index in [4.69, 9.17) is 11.6 Å². The SMILES string of the molecule is CC(C)[C@H]1NC(=O)[C@H]2CN(C(=O)c3ccccc3Cl)CCN2C1=O. The molecular weight excluding hydrogens is 330 g/mol. The van der Waals surface area contributed by atoms with Crippen LogP contribution in [0.3, 0.4) is 0 Å². The number of benzene rings is 1. The Kier molecular flexibility index (Phi) is 4.49. The number of nitrogens with one attached hydrogen (secondary N) is 1. The maximum Gasteiger partial charge on any atom is 0.255 e. The molecule has 0 spiro atoms. The van der Waals surface area contributed by atoms with Crippen molar-refractivity contribution < 1.29 is 14.4 Å². The molecule has 1 aromatic rings. The number of halogens is 1. The van der Waals surface area contributed by atoms with Gasteiger partial charge in [0.1, 0.15) is 12.1 Å². The Balaban J connectivity index is 1.78. The summed E-state index contributed by atoms with van der Waals surface area (Å²) in [5.74, 6) is -0.457. The molecule has 2 saturated heterocycles. The molecule has 7 heteroatoms. The second kappa shape index (κ2) is 6.43. The molecule has 0 bridgehead atoms. The molecule has 3 amide bonds. The van der Waals surface area contributed by atoms with Crippen LogP contribution in [0.4, 0.5) is 0 Å². The first kappa shape index (κ1) is 16.8. The van der Waals surface area contributed by atoms with E-state index in [1.54, 1.807) is 34.1 Å². The summed E-state index contributed by atoms with van der Waals surface area (Å²) in [4.78, 5) is 40.8. The van der Waals surface area contributed by atoms with Crippen LogP contribution < -0.4 is 5.32 Å². The van der Waals surface area contributed by atoms with Crippen molar-refractivity contribution in [2.75, 3.05) is 19.6 Å². The van der Waals surface area contributed by atoms with Gasteiger partial charge in [0.15, 0.2) is 0 Å². The van der Waals surface area contributed by atoms with Crippen molar-refractivity contribution in [3.05, 3.63) is 34.9 Å². The fraction of sp³-hybridized carbons (Fsp3) is 0.471. The smallest absolute Gasteiger partial charge is 0.255 e. The average Bonchev–Trinajstić information content (AvgIpc) is 2.57. The van der Waals surface area contributed by atoms with E-state index in [9.17, 15) is 14.4 Å². The first-order valence-electron chi connectivity index (χ1n) is 8.05. The normalized spacial score (nSPS) is 24.0. The lowest BCUT2D eigenvalue weighted by Gasteiger charge is -2.46. The summed E-state index contributed by atoms with van der Waals surface area (Å²) >= 11 is 6.09. The monoisotopic (exact) mass is 349 g/mol.